The summed E-state index contributed by atoms with van der Waals surface area (Å²) in [6.45, 7) is 4.58. The van der Waals surface area contributed by atoms with Gasteiger partial charge in [-0.25, -0.2) is 12.8 Å². The van der Waals surface area contributed by atoms with E-state index >= 15 is 0 Å². The van der Waals surface area contributed by atoms with Crippen LogP contribution in [0.15, 0.2) is 59.5 Å². The molecule has 0 atom stereocenters. The van der Waals surface area contributed by atoms with Gasteiger partial charge in [-0.1, -0.05) is 42.5 Å². The summed E-state index contributed by atoms with van der Waals surface area (Å²) in [5, 5.41) is 0. The van der Waals surface area contributed by atoms with Gasteiger partial charge in [-0.2, -0.15) is 4.31 Å². The Kier molecular flexibility index (Phi) is 7.23. The van der Waals surface area contributed by atoms with Crippen LogP contribution >= 0.6 is 0 Å². The van der Waals surface area contributed by atoms with Crippen LogP contribution in [0.25, 0.3) is 0 Å². The molecule has 172 valence electrons. The monoisotopic (exact) mass is 459 g/mol. The molecular formula is C24H30FN3O3S. The predicted molar refractivity (Wildman–Crippen MR) is 121 cm³/mol. The van der Waals surface area contributed by atoms with Gasteiger partial charge in [-0.3, -0.25) is 9.69 Å². The fourth-order valence-electron chi connectivity index (χ4n) is 4.59. The van der Waals surface area contributed by atoms with Gasteiger partial charge >= 0.3 is 0 Å². The van der Waals surface area contributed by atoms with Crippen molar-refractivity contribution >= 4 is 15.9 Å². The van der Waals surface area contributed by atoms with E-state index in [-0.39, 0.29) is 29.8 Å². The molecule has 0 aliphatic carbocycles. The van der Waals surface area contributed by atoms with Crippen LogP contribution in [-0.4, -0.2) is 67.7 Å². The second kappa shape index (κ2) is 10.1. The lowest BCUT2D eigenvalue weighted by atomic mass is 9.96. The lowest BCUT2D eigenvalue weighted by Gasteiger charge is -2.33. The Morgan fingerprint density at radius 1 is 0.875 bits per heavy atom. The molecule has 0 unspecified atom stereocenters. The van der Waals surface area contributed by atoms with E-state index in [2.05, 4.69) is 17.0 Å². The number of benzene rings is 2. The quantitative estimate of drug-likeness (QED) is 0.690. The van der Waals surface area contributed by atoms with Crippen LogP contribution < -0.4 is 0 Å². The Morgan fingerprint density at radius 2 is 1.56 bits per heavy atom. The van der Waals surface area contributed by atoms with Crippen LogP contribution in [0.1, 0.15) is 24.8 Å². The lowest BCUT2D eigenvalue weighted by molar-refractivity contribution is -0.136. The number of hydrogen-bond donors (Lipinski definition) is 0. The fourth-order valence-corrected chi connectivity index (χ4v) is 6.12. The molecule has 2 aromatic rings. The molecule has 2 aromatic carbocycles. The lowest BCUT2D eigenvalue weighted by Crippen LogP contribution is -2.45. The number of halogens is 1. The van der Waals surface area contributed by atoms with Crippen LogP contribution in [0.3, 0.4) is 0 Å². The number of rotatable bonds is 5. The Hall–Kier alpha value is -2.29. The van der Waals surface area contributed by atoms with Crippen LogP contribution in [0.4, 0.5) is 4.39 Å². The molecule has 2 aliphatic heterocycles. The SMILES string of the molecule is O=C(C1CCN(S(=O)(=O)c2ccccc2F)CC1)N1CCCN(Cc2ccccc2)CC1. The molecular weight excluding hydrogens is 429 g/mol. The van der Waals surface area contributed by atoms with Crippen LogP contribution in [0.2, 0.25) is 0 Å². The van der Waals surface area contributed by atoms with Gasteiger partial charge in [0.25, 0.3) is 0 Å². The van der Waals surface area contributed by atoms with Crippen molar-refractivity contribution in [3.63, 3.8) is 0 Å². The summed E-state index contributed by atoms with van der Waals surface area (Å²) in [4.78, 5) is 17.2. The largest absolute Gasteiger partial charge is 0.341 e. The van der Waals surface area contributed by atoms with Crippen molar-refractivity contribution in [3.8, 4) is 0 Å². The average molecular weight is 460 g/mol. The van der Waals surface area contributed by atoms with Crippen molar-refractivity contribution in [1.29, 1.82) is 0 Å². The zero-order chi connectivity index (χ0) is 22.6. The number of piperidine rings is 1. The van der Waals surface area contributed by atoms with E-state index in [1.54, 1.807) is 0 Å². The minimum absolute atomic E-state index is 0.120. The second-order valence-electron chi connectivity index (χ2n) is 8.55. The maximum atomic E-state index is 14.0. The fraction of sp³-hybridized carbons (Fsp3) is 0.458. The smallest absolute Gasteiger partial charge is 0.245 e. The molecule has 2 saturated heterocycles. The van der Waals surface area contributed by atoms with Crippen molar-refractivity contribution in [2.45, 2.75) is 30.7 Å². The summed E-state index contributed by atoms with van der Waals surface area (Å²) < 4.78 is 40.9. The zero-order valence-electron chi connectivity index (χ0n) is 18.2. The van der Waals surface area contributed by atoms with Gasteiger partial charge in [0.05, 0.1) is 0 Å². The maximum absolute atomic E-state index is 14.0. The van der Waals surface area contributed by atoms with Gasteiger partial charge < -0.3 is 4.90 Å². The van der Waals surface area contributed by atoms with E-state index in [1.807, 2.05) is 23.1 Å². The van der Waals surface area contributed by atoms with Gasteiger partial charge in [0.1, 0.15) is 10.7 Å². The molecule has 0 saturated carbocycles. The molecule has 32 heavy (non-hydrogen) atoms. The molecule has 0 N–H and O–H groups in total. The Morgan fingerprint density at radius 3 is 2.28 bits per heavy atom. The summed E-state index contributed by atoms with van der Waals surface area (Å²) in [5.74, 6) is -0.799. The number of hydrogen-bond acceptors (Lipinski definition) is 4. The van der Waals surface area contributed by atoms with Crippen LogP contribution in [0, 0.1) is 11.7 Å². The molecule has 8 heteroatoms. The normalized spacial score (nSPS) is 19.6. The van der Waals surface area contributed by atoms with Gasteiger partial charge in [0.2, 0.25) is 15.9 Å². The zero-order valence-corrected chi connectivity index (χ0v) is 19.0. The topological polar surface area (TPSA) is 60.9 Å². The van der Waals surface area contributed by atoms with Crippen molar-refractivity contribution in [2.24, 2.45) is 5.92 Å². The molecule has 2 fully saturated rings. The maximum Gasteiger partial charge on any atom is 0.245 e. The van der Waals surface area contributed by atoms with Crippen molar-refractivity contribution in [2.75, 3.05) is 39.3 Å². The first-order valence-corrected chi connectivity index (χ1v) is 12.7. The molecule has 0 spiro atoms. The number of amides is 1. The highest BCUT2D eigenvalue weighted by Crippen LogP contribution is 2.26. The van der Waals surface area contributed by atoms with Gasteiger partial charge in [-0.15, -0.1) is 0 Å². The van der Waals surface area contributed by atoms with E-state index in [1.165, 1.54) is 28.1 Å². The highest BCUT2D eigenvalue weighted by atomic mass is 32.2. The molecule has 0 radical (unpaired) electrons. The first kappa shape index (κ1) is 22.9. The summed E-state index contributed by atoms with van der Waals surface area (Å²) in [6, 6.07) is 15.8. The minimum Gasteiger partial charge on any atom is -0.341 e. The van der Waals surface area contributed by atoms with E-state index in [9.17, 15) is 17.6 Å². The van der Waals surface area contributed by atoms with Crippen molar-refractivity contribution < 1.29 is 17.6 Å². The third-order valence-corrected chi connectivity index (χ3v) is 8.34. The minimum atomic E-state index is -3.88. The van der Waals surface area contributed by atoms with Crippen molar-refractivity contribution in [1.82, 2.24) is 14.1 Å². The molecule has 2 aliphatic rings. The molecule has 1 amide bonds. The highest BCUT2D eigenvalue weighted by Gasteiger charge is 2.35. The third kappa shape index (κ3) is 5.19. The first-order chi connectivity index (χ1) is 15.4. The van der Waals surface area contributed by atoms with E-state index < -0.39 is 15.8 Å². The summed E-state index contributed by atoms with van der Waals surface area (Å²) in [5.41, 5.74) is 1.27. The van der Waals surface area contributed by atoms with Gasteiger partial charge in [-0.05, 0) is 37.0 Å². The van der Waals surface area contributed by atoms with Crippen molar-refractivity contribution in [3.05, 3.63) is 66.0 Å². The van der Waals surface area contributed by atoms with Crippen LogP contribution in [-0.2, 0) is 21.4 Å². The van der Waals surface area contributed by atoms with Gasteiger partial charge in [0.15, 0.2) is 0 Å². The number of nitrogens with zero attached hydrogens (tertiary/aromatic N) is 3. The molecule has 6 nitrogen and oxygen atoms in total. The number of carbonyl (C=O) groups excluding carboxylic acids is 1. The Bertz CT molecular complexity index is 1020. The number of carbonyl (C=O) groups is 1. The van der Waals surface area contributed by atoms with E-state index in [0.717, 1.165) is 38.7 Å². The summed E-state index contributed by atoms with van der Waals surface area (Å²) in [7, 11) is -3.88. The second-order valence-corrected chi connectivity index (χ2v) is 10.5. The van der Waals surface area contributed by atoms with Gasteiger partial charge in [0, 0.05) is 51.7 Å². The summed E-state index contributed by atoms with van der Waals surface area (Å²) in [6.07, 6.45) is 1.87. The third-order valence-electron chi connectivity index (χ3n) is 6.41. The van der Waals surface area contributed by atoms with E-state index in [4.69, 9.17) is 0 Å². The Labute approximate surface area is 189 Å². The molecule has 4 rings (SSSR count). The predicted octanol–water partition coefficient (Wildman–Crippen LogP) is 2.96. The molecule has 0 bridgehead atoms. The van der Waals surface area contributed by atoms with Crippen LogP contribution in [0.5, 0.6) is 0 Å². The molecule has 2 heterocycles. The Balaban J connectivity index is 1.31. The van der Waals surface area contributed by atoms with E-state index in [0.29, 0.717) is 19.4 Å². The summed E-state index contributed by atoms with van der Waals surface area (Å²) >= 11 is 0. The first-order valence-electron chi connectivity index (χ1n) is 11.2. The highest BCUT2D eigenvalue weighted by molar-refractivity contribution is 7.89. The number of sulfonamides is 1. The standard InChI is InChI=1S/C24H30FN3O3S/c25-22-9-4-5-10-23(22)32(30,31)28-15-11-21(12-16-28)24(29)27-14-6-13-26(17-18-27)19-20-7-2-1-3-8-20/h1-5,7-10,21H,6,11-19H2. The average Bonchev–Trinajstić information content (AvgIpc) is 3.05. The molecule has 0 aromatic heterocycles.